The molecule has 1 N–H and O–H groups in total. The van der Waals surface area contributed by atoms with Crippen LogP contribution in [0.25, 0.3) is 0 Å². The van der Waals surface area contributed by atoms with Gasteiger partial charge in [-0.1, -0.05) is 51.1 Å². The van der Waals surface area contributed by atoms with Gasteiger partial charge in [0.05, 0.1) is 0 Å². The summed E-state index contributed by atoms with van der Waals surface area (Å²) in [6, 6.07) is 17.2. The lowest BCUT2D eigenvalue weighted by molar-refractivity contribution is -0.118. The van der Waals surface area contributed by atoms with Gasteiger partial charge in [0.15, 0.2) is 6.61 Å². The largest absolute Gasteiger partial charge is 0.484 e. The summed E-state index contributed by atoms with van der Waals surface area (Å²) in [4.78, 5) is 11.8. The number of para-hydroxylation sites is 1. The van der Waals surface area contributed by atoms with Crippen LogP contribution in [0.2, 0.25) is 0 Å². The molecular formula is C18H21NO2. The molecule has 21 heavy (non-hydrogen) atoms. The zero-order valence-electron chi connectivity index (χ0n) is 12.7. The minimum atomic E-state index is -0.164. The van der Waals surface area contributed by atoms with Crippen molar-refractivity contribution in [3.63, 3.8) is 0 Å². The van der Waals surface area contributed by atoms with Crippen LogP contribution in [0.15, 0.2) is 54.6 Å². The van der Waals surface area contributed by atoms with Gasteiger partial charge in [-0.3, -0.25) is 4.79 Å². The number of carbonyl (C=O) groups excluding carboxylic acids is 1. The minimum absolute atomic E-state index is 0.00500. The van der Waals surface area contributed by atoms with Gasteiger partial charge in [-0.2, -0.15) is 0 Å². The second kappa shape index (κ2) is 6.44. The lowest BCUT2D eigenvalue weighted by Crippen LogP contribution is -2.20. The molecule has 0 aromatic heterocycles. The Labute approximate surface area is 126 Å². The summed E-state index contributed by atoms with van der Waals surface area (Å²) in [5, 5.41) is 2.83. The van der Waals surface area contributed by atoms with Gasteiger partial charge in [-0.15, -0.1) is 0 Å². The smallest absolute Gasteiger partial charge is 0.262 e. The maximum atomic E-state index is 11.8. The van der Waals surface area contributed by atoms with Crippen LogP contribution in [0.4, 0.5) is 5.69 Å². The Hall–Kier alpha value is -2.29. The molecule has 110 valence electrons. The molecule has 3 nitrogen and oxygen atoms in total. The second-order valence-corrected chi connectivity index (χ2v) is 5.98. The highest BCUT2D eigenvalue weighted by Gasteiger charge is 2.13. The van der Waals surface area contributed by atoms with Crippen LogP contribution in [0, 0.1) is 0 Å². The van der Waals surface area contributed by atoms with Crippen LogP contribution in [0.1, 0.15) is 26.3 Å². The molecule has 0 spiro atoms. The van der Waals surface area contributed by atoms with Gasteiger partial charge < -0.3 is 10.1 Å². The summed E-state index contributed by atoms with van der Waals surface area (Å²) in [6.45, 7) is 6.49. The van der Waals surface area contributed by atoms with Crippen molar-refractivity contribution in [2.45, 2.75) is 26.2 Å². The van der Waals surface area contributed by atoms with Crippen LogP contribution in [-0.4, -0.2) is 12.5 Å². The summed E-state index contributed by atoms with van der Waals surface area (Å²) >= 11 is 0. The molecule has 0 aliphatic rings. The molecule has 0 radical (unpaired) electrons. The number of nitrogens with one attached hydrogen (secondary N) is 1. The van der Waals surface area contributed by atoms with E-state index in [1.165, 1.54) is 5.56 Å². The number of amides is 1. The first-order valence-corrected chi connectivity index (χ1v) is 7.03. The summed E-state index contributed by atoms with van der Waals surface area (Å²) in [6.07, 6.45) is 0. The first-order chi connectivity index (χ1) is 9.95. The number of hydrogen-bond donors (Lipinski definition) is 1. The van der Waals surface area contributed by atoms with Gasteiger partial charge >= 0.3 is 0 Å². The minimum Gasteiger partial charge on any atom is -0.484 e. The predicted octanol–water partition coefficient (Wildman–Crippen LogP) is 4.00. The normalized spacial score (nSPS) is 11.0. The van der Waals surface area contributed by atoms with Crippen LogP contribution >= 0.6 is 0 Å². The van der Waals surface area contributed by atoms with Crippen molar-refractivity contribution < 1.29 is 9.53 Å². The summed E-state index contributed by atoms with van der Waals surface area (Å²) in [5.41, 5.74) is 2.13. The predicted molar refractivity (Wildman–Crippen MR) is 85.7 cm³/mol. The van der Waals surface area contributed by atoms with Crippen molar-refractivity contribution in [3.05, 3.63) is 60.2 Å². The van der Waals surface area contributed by atoms with Crippen molar-refractivity contribution in [2.75, 3.05) is 11.9 Å². The molecule has 0 saturated carbocycles. The van der Waals surface area contributed by atoms with E-state index in [0.717, 1.165) is 5.69 Å². The van der Waals surface area contributed by atoms with Crippen LogP contribution < -0.4 is 10.1 Å². The average Bonchev–Trinajstić information content (AvgIpc) is 2.46. The number of ether oxygens (including phenoxy) is 1. The zero-order chi connectivity index (χ0) is 15.3. The third kappa shape index (κ3) is 4.63. The molecule has 2 aromatic carbocycles. The van der Waals surface area contributed by atoms with E-state index >= 15 is 0 Å². The van der Waals surface area contributed by atoms with E-state index in [1.807, 2.05) is 54.6 Å². The van der Waals surface area contributed by atoms with Gasteiger partial charge in [0.1, 0.15) is 5.75 Å². The monoisotopic (exact) mass is 283 g/mol. The van der Waals surface area contributed by atoms with Crippen LogP contribution in [-0.2, 0) is 10.2 Å². The number of rotatable bonds is 4. The van der Waals surface area contributed by atoms with E-state index in [-0.39, 0.29) is 17.9 Å². The number of anilines is 1. The maximum Gasteiger partial charge on any atom is 0.262 e. The van der Waals surface area contributed by atoms with Crippen molar-refractivity contribution in [3.8, 4) is 5.75 Å². The molecule has 0 unspecified atom stereocenters. The zero-order valence-corrected chi connectivity index (χ0v) is 12.7. The highest BCUT2D eigenvalue weighted by Crippen LogP contribution is 2.23. The Morgan fingerprint density at radius 2 is 1.62 bits per heavy atom. The first kappa shape index (κ1) is 15.1. The topological polar surface area (TPSA) is 38.3 Å². The fraction of sp³-hybridized carbons (Fsp3) is 0.278. The molecule has 0 aliphatic heterocycles. The highest BCUT2D eigenvalue weighted by atomic mass is 16.5. The molecule has 0 bridgehead atoms. The fourth-order valence-corrected chi connectivity index (χ4v) is 1.92. The Balaban J connectivity index is 1.88. The van der Waals surface area contributed by atoms with E-state index in [9.17, 15) is 4.79 Å². The maximum absolute atomic E-state index is 11.8. The van der Waals surface area contributed by atoms with Crippen molar-refractivity contribution in [1.29, 1.82) is 0 Å². The summed E-state index contributed by atoms with van der Waals surface area (Å²) < 4.78 is 5.41. The molecule has 0 saturated heterocycles. The van der Waals surface area contributed by atoms with Crippen LogP contribution in [0.3, 0.4) is 0 Å². The Morgan fingerprint density at radius 3 is 2.19 bits per heavy atom. The summed E-state index contributed by atoms with van der Waals surface area (Å²) in [7, 11) is 0. The lowest BCUT2D eigenvalue weighted by Gasteiger charge is -2.19. The quantitative estimate of drug-likeness (QED) is 0.921. The Morgan fingerprint density at radius 1 is 1.00 bits per heavy atom. The number of hydrogen-bond acceptors (Lipinski definition) is 2. The SMILES string of the molecule is CC(C)(C)c1ccc(NC(=O)COc2ccccc2)cc1. The third-order valence-corrected chi connectivity index (χ3v) is 3.15. The van der Waals surface area contributed by atoms with E-state index < -0.39 is 0 Å². The second-order valence-electron chi connectivity index (χ2n) is 5.98. The highest BCUT2D eigenvalue weighted by molar-refractivity contribution is 5.91. The molecule has 1 amide bonds. The van der Waals surface area contributed by atoms with E-state index in [2.05, 4.69) is 26.1 Å². The molecular weight excluding hydrogens is 262 g/mol. The first-order valence-electron chi connectivity index (χ1n) is 7.03. The molecule has 3 heteroatoms. The van der Waals surface area contributed by atoms with E-state index in [1.54, 1.807) is 0 Å². The molecule has 0 fully saturated rings. The van der Waals surface area contributed by atoms with Crippen molar-refractivity contribution in [2.24, 2.45) is 0 Å². The van der Waals surface area contributed by atoms with Crippen molar-refractivity contribution in [1.82, 2.24) is 0 Å². The molecule has 0 aliphatic carbocycles. The van der Waals surface area contributed by atoms with Crippen LogP contribution in [0.5, 0.6) is 5.75 Å². The van der Waals surface area contributed by atoms with Gasteiger partial charge in [-0.25, -0.2) is 0 Å². The van der Waals surface area contributed by atoms with E-state index in [4.69, 9.17) is 4.74 Å². The van der Waals surface area contributed by atoms with Gasteiger partial charge in [0.25, 0.3) is 5.91 Å². The molecule has 2 rings (SSSR count). The average molecular weight is 283 g/mol. The van der Waals surface area contributed by atoms with Gasteiger partial charge in [0, 0.05) is 5.69 Å². The third-order valence-electron chi connectivity index (χ3n) is 3.15. The molecule has 0 heterocycles. The summed E-state index contributed by atoms with van der Waals surface area (Å²) in [5.74, 6) is 0.526. The van der Waals surface area contributed by atoms with Gasteiger partial charge in [-0.05, 0) is 35.2 Å². The molecule has 0 atom stereocenters. The fourth-order valence-electron chi connectivity index (χ4n) is 1.92. The number of benzene rings is 2. The Bertz CT molecular complexity index is 583. The number of carbonyl (C=O) groups is 1. The lowest BCUT2D eigenvalue weighted by atomic mass is 9.87. The standard InChI is InChI=1S/C18H21NO2/c1-18(2,3)14-9-11-15(12-10-14)19-17(20)13-21-16-7-5-4-6-8-16/h4-12H,13H2,1-3H3,(H,19,20). The Kier molecular flexibility index (Phi) is 4.63. The van der Waals surface area contributed by atoms with E-state index in [0.29, 0.717) is 5.75 Å². The molecule has 2 aromatic rings. The van der Waals surface area contributed by atoms with Gasteiger partial charge in [0.2, 0.25) is 0 Å². The van der Waals surface area contributed by atoms with Crippen molar-refractivity contribution >= 4 is 11.6 Å².